The van der Waals surface area contributed by atoms with Crippen LogP contribution in [0.25, 0.3) is 0 Å². The fraction of sp³-hybridized carbons (Fsp3) is 0.345. The van der Waals surface area contributed by atoms with Gasteiger partial charge in [-0.05, 0) is 45.4 Å². The zero-order valence-corrected chi connectivity index (χ0v) is 20.0. The van der Waals surface area contributed by atoms with Crippen LogP contribution >= 0.6 is 0 Å². The number of anilines is 1. The largest absolute Gasteiger partial charge is 0.341 e. The smallest absolute Gasteiger partial charge is 0.209 e. The van der Waals surface area contributed by atoms with Crippen LogP contribution in [0.15, 0.2) is 84.6 Å². The van der Waals surface area contributed by atoms with Crippen molar-refractivity contribution in [3.63, 3.8) is 0 Å². The SMILES string of the molecule is CC(C)N1/C(=C/C=C/C=C/C2=[N+](C)c3ccccc3C2(C)C)C(C)(C)c2ccccc21. The lowest BCUT2D eigenvalue weighted by molar-refractivity contribution is -0.401. The Hall–Kier alpha value is -2.87. The maximum absolute atomic E-state index is 2.47. The summed E-state index contributed by atoms with van der Waals surface area (Å²) in [7, 11) is 2.16. The third-order valence-corrected chi connectivity index (χ3v) is 6.92. The molecular weight excluding hydrogens is 376 g/mol. The van der Waals surface area contributed by atoms with Crippen molar-refractivity contribution in [2.75, 3.05) is 11.9 Å². The van der Waals surface area contributed by atoms with Gasteiger partial charge in [-0.2, -0.15) is 4.58 Å². The van der Waals surface area contributed by atoms with E-state index < -0.39 is 0 Å². The van der Waals surface area contributed by atoms with Crippen LogP contribution in [-0.2, 0) is 10.8 Å². The number of hydrogen-bond acceptors (Lipinski definition) is 1. The van der Waals surface area contributed by atoms with Gasteiger partial charge in [-0.1, -0.05) is 68.5 Å². The van der Waals surface area contributed by atoms with E-state index in [-0.39, 0.29) is 10.8 Å². The van der Waals surface area contributed by atoms with Crippen molar-refractivity contribution in [3.05, 3.63) is 95.7 Å². The van der Waals surface area contributed by atoms with Crippen LogP contribution in [-0.4, -0.2) is 23.4 Å². The summed E-state index contributed by atoms with van der Waals surface area (Å²) in [6, 6.07) is 17.9. The number of nitrogens with zero attached hydrogens (tertiary/aromatic N) is 2. The molecule has 2 aliphatic rings. The molecule has 0 aliphatic carbocycles. The van der Waals surface area contributed by atoms with Gasteiger partial charge in [0.2, 0.25) is 5.69 Å². The van der Waals surface area contributed by atoms with Crippen LogP contribution in [0.2, 0.25) is 0 Å². The molecule has 2 aliphatic heterocycles. The standard InChI is InChI=1S/C29H35N2/c1-21(2)31-25-18-14-12-16-23(25)29(5,6)27(31)20-10-8-9-19-26-28(3,4)22-15-11-13-17-24(22)30(26)7/h8-21H,1-7H3/q+1. The maximum atomic E-state index is 2.47. The molecule has 2 heterocycles. The van der Waals surface area contributed by atoms with Gasteiger partial charge in [0.05, 0.1) is 5.41 Å². The Morgan fingerprint density at radius 3 is 2.13 bits per heavy atom. The summed E-state index contributed by atoms with van der Waals surface area (Å²) >= 11 is 0. The number of para-hydroxylation sites is 2. The first-order valence-corrected chi connectivity index (χ1v) is 11.3. The van der Waals surface area contributed by atoms with Crippen LogP contribution in [0, 0.1) is 0 Å². The monoisotopic (exact) mass is 411 g/mol. The Morgan fingerprint density at radius 2 is 1.45 bits per heavy atom. The molecule has 0 aromatic heterocycles. The van der Waals surface area contributed by atoms with E-state index >= 15 is 0 Å². The maximum Gasteiger partial charge on any atom is 0.209 e. The van der Waals surface area contributed by atoms with Crippen LogP contribution < -0.4 is 4.90 Å². The molecule has 0 saturated carbocycles. The number of benzene rings is 2. The zero-order valence-electron chi connectivity index (χ0n) is 20.0. The lowest BCUT2D eigenvalue weighted by Gasteiger charge is -2.30. The molecule has 2 aromatic rings. The fourth-order valence-electron chi connectivity index (χ4n) is 5.29. The Balaban J connectivity index is 1.60. The number of fused-ring (bicyclic) bond motifs is 2. The lowest BCUT2D eigenvalue weighted by Crippen LogP contribution is -2.31. The van der Waals surface area contributed by atoms with Crippen LogP contribution in [0.4, 0.5) is 11.4 Å². The van der Waals surface area contributed by atoms with Gasteiger partial charge >= 0.3 is 0 Å². The van der Waals surface area contributed by atoms with Crippen molar-refractivity contribution < 1.29 is 4.58 Å². The van der Waals surface area contributed by atoms with Crippen molar-refractivity contribution in [2.24, 2.45) is 0 Å². The van der Waals surface area contributed by atoms with Crippen molar-refractivity contribution in [2.45, 2.75) is 58.4 Å². The molecule has 0 bridgehead atoms. The van der Waals surface area contributed by atoms with Crippen molar-refractivity contribution in [1.29, 1.82) is 0 Å². The topological polar surface area (TPSA) is 6.25 Å². The second-order valence-electron chi connectivity index (χ2n) is 9.99. The summed E-state index contributed by atoms with van der Waals surface area (Å²) in [6.45, 7) is 13.8. The number of rotatable bonds is 4. The summed E-state index contributed by atoms with van der Waals surface area (Å²) < 4.78 is 2.31. The predicted molar refractivity (Wildman–Crippen MR) is 134 cm³/mol. The summed E-state index contributed by atoms with van der Waals surface area (Å²) in [6.07, 6.45) is 11.1. The minimum Gasteiger partial charge on any atom is -0.341 e. The van der Waals surface area contributed by atoms with Crippen LogP contribution in [0.5, 0.6) is 0 Å². The number of allylic oxidation sites excluding steroid dienone is 6. The molecule has 0 amide bonds. The third-order valence-electron chi connectivity index (χ3n) is 6.92. The molecule has 31 heavy (non-hydrogen) atoms. The molecule has 0 atom stereocenters. The first-order chi connectivity index (χ1) is 14.7. The second-order valence-corrected chi connectivity index (χ2v) is 9.99. The Morgan fingerprint density at radius 1 is 0.806 bits per heavy atom. The van der Waals surface area contributed by atoms with E-state index in [0.717, 1.165) is 0 Å². The summed E-state index contributed by atoms with van der Waals surface area (Å²) in [5.41, 5.74) is 8.12. The second kappa shape index (κ2) is 7.67. The van der Waals surface area contributed by atoms with Crippen molar-refractivity contribution >= 4 is 17.1 Å². The minimum atomic E-state index is -0.00102. The van der Waals surface area contributed by atoms with Crippen molar-refractivity contribution in [3.8, 4) is 0 Å². The lowest BCUT2D eigenvalue weighted by atomic mass is 9.81. The Labute approximate surface area is 187 Å². The molecule has 2 heteroatoms. The van der Waals surface area contributed by atoms with Gasteiger partial charge in [-0.15, -0.1) is 0 Å². The molecule has 2 nitrogen and oxygen atoms in total. The highest BCUT2D eigenvalue weighted by Gasteiger charge is 2.42. The van der Waals surface area contributed by atoms with Gasteiger partial charge < -0.3 is 4.90 Å². The number of hydrogen-bond donors (Lipinski definition) is 0. The molecule has 160 valence electrons. The summed E-state index contributed by atoms with van der Waals surface area (Å²) in [4.78, 5) is 2.47. The van der Waals surface area contributed by atoms with Gasteiger partial charge in [0.15, 0.2) is 5.71 Å². The molecule has 4 rings (SSSR count). The van der Waals surface area contributed by atoms with E-state index in [9.17, 15) is 0 Å². The average Bonchev–Trinajstić information content (AvgIpc) is 3.08. The van der Waals surface area contributed by atoms with E-state index in [1.807, 2.05) is 0 Å². The Kier molecular flexibility index (Phi) is 5.29. The molecule has 2 aromatic carbocycles. The van der Waals surface area contributed by atoms with Gasteiger partial charge in [0.25, 0.3) is 0 Å². The van der Waals surface area contributed by atoms with Gasteiger partial charge in [-0.25, -0.2) is 0 Å². The van der Waals surface area contributed by atoms with Gasteiger partial charge in [0.1, 0.15) is 7.05 Å². The summed E-state index contributed by atoms with van der Waals surface area (Å²) in [5.74, 6) is 0. The van der Waals surface area contributed by atoms with E-state index in [0.29, 0.717) is 6.04 Å². The predicted octanol–water partition coefficient (Wildman–Crippen LogP) is 6.90. The van der Waals surface area contributed by atoms with E-state index in [1.54, 1.807) is 0 Å². The highest BCUT2D eigenvalue weighted by atomic mass is 15.2. The molecule has 0 N–H and O–H groups in total. The molecule has 0 radical (unpaired) electrons. The van der Waals surface area contributed by atoms with Crippen LogP contribution in [0.3, 0.4) is 0 Å². The minimum absolute atomic E-state index is 0.00102. The van der Waals surface area contributed by atoms with E-state index in [4.69, 9.17) is 0 Å². The fourth-order valence-corrected chi connectivity index (χ4v) is 5.29. The first-order valence-electron chi connectivity index (χ1n) is 11.3. The van der Waals surface area contributed by atoms with E-state index in [2.05, 4.69) is 137 Å². The molecule has 0 fully saturated rings. The quantitative estimate of drug-likeness (QED) is 0.392. The first kappa shape index (κ1) is 21.4. The van der Waals surface area contributed by atoms with Crippen molar-refractivity contribution in [1.82, 2.24) is 0 Å². The molecular formula is C29H35N2+. The van der Waals surface area contributed by atoms with Gasteiger partial charge in [-0.3, -0.25) is 0 Å². The molecule has 0 spiro atoms. The zero-order chi connectivity index (χ0) is 22.4. The van der Waals surface area contributed by atoms with Gasteiger partial charge in [0, 0.05) is 40.5 Å². The van der Waals surface area contributed by atoms with Crippen LogP contribution in [0.1, 0.15) is 52.7 Å². The highest BCUT2D eigenvalue weighted by molar-refractivity contribution is 6.03. The highest BCUT2D eigenvalue weighted by Crippen LogP contribution is 2.48. The molecule has 0 unspecified atom stereocenters. The average molecular weight is 412 g/mol. The summed E-state index contributed by atoms with van der Waals surface area (Å²) in [5, 5.41) is 0. The Bertz CT molecular complexity index is 1120. The molecule has 0 saturated heterocycles. The normalized spacial score (nSPS) is 20.5. The third kappa shape index (κ3) is 3.39. The van der Waals surface area contributed by atoms with E-state index in [1.165, 1.54) is 33.9 Å².